The number of nitrogens with zero attached hydrogens (tertiary/aromatic N) is 1. The van der Waals surface area contributed by atoms with Crippen molar-refractivity contribution in [1.82, 2.24) is 4.98 Å². The summed E-state index contributed by atoms with van der Waals surface area (Å²) in [6.07, 6.45) is 5.32. The zero-order valence-electron chi connectivity index (χ0n) is 10.7. The standard InChI is InChI=1S/C14H16N2O2S/c1-17-10-4-2-9-3-5-12(13(15)11(9)8-10)19-14-16-6-7-18-14/h2,4,6-8,12-13H,3,5,15H2,1H3. The van der Waals surface area contributed by atoms with Crippen LogP contribution in [0.4, 0.5) is 0 Å². The number of thioether (sulfide) groups is 1. The topological polar surface area (TPSA) is 61.3 Å². The predicted octanol–water partition coefficient (Wildman–Crippen LogP) is 2.79. The quantitative estimate of drug-likeness (QED) is 0.934. The van der Waals surface area contributed by atoms with Crippen LogP contribution in [0.1, 0.15) is 23.6 Å². The smallest absolute Gasteiger partial charge is 0.255 e. The Bertz CT molecular complexity index is 557. The maximum atomic E-state index is 6.38. The second kappa shape index (κ2) is 5.27. The predicted molar refractivity (Wildman–Crippen MR) is 74.4 cm³/mol. The van der Waals surface area contributed by atoms with Crippen LogP contribution in [-0.4, -0.2) is 17.3 Å². The fraction of sp³-hybridized carbons (Fsp3) is 0.357. The van der Waals surface area contributed by atoms with Gasteiger partial charge in [-0.2, -0.15) is 0 Å². The molecular weight excluding hydrogens is 260 g/mol. The van der Waals surface area contributed by atoms with E-state index in [1.54, 1.807) is 31.3 Å². The van der Waals surface area contributed by atoms with Crippen molar-refractivity contribution in [3.05, 3.63) is 41.8 Å². The molecule has 1 heterocycles. The second-order valence-corrected chi connectivity index (χ2v) is 5.77. The van der Waals surface area contributed by atoms with Crippen LogP contribution in [0.5, 0.6) is 5.75 Å². The number of nitrogens with two attached hydrogens (primary N) is 1. The van der Waals surface area contributed by atoms with Crippen molar-refractivity contribution in [2.24, 2.45) is 5.73 Å². The van der Waals surface area contributed by atoms with E-state index in [0.29, 0.717) is 10.5 Å². The first-order chi connectivity index (χ1) is 9.28. The summed E-state index contributed by atoms with van der Waals surface area (Å²) in [5.41, 5.74) is 8.88. The maximum absolute atomic E-state index is 6.38. The second-order valence-electron chi connectivity index (χ2n) is 4.58. The summed E-state index contributed by atoms with van der Waals surface area (Å²) in [6, 6.07) is 6.13. The lowest BCUT2D eigenvalue weighted by Gasteiger charge is -2.29. The molecule has 2 aromatic rings. The molecule has 0 fully saturated rings. The molecule has 3 rings (SSSR count). The van der Waals surface area contributed by atoms with E-state index in [-0.39, 0.29) is 6.04 Å². The molecule has 0 amide bonds. The van der Waals surface area contributed by atoms with Crippen LogP contribution in [0.15, 0.2) is 40.3 Å². The normalized spacial score (nSPS) is 22.0. The maximum Gasteiger partial charge on any atom is 0.255 e. The number of fused-ring (bicyclic) bond motifs is 1. The minimum absolute atomic E-state index is 0.0178. The monoisotopic (exact) mass is 276 g/mol. The summed E-state index contributed by atoms with van der Waals surface area (Å²) in [4.78, 5) is 4.15. The summed E-state index contributed by atoms with van der Waals surface area (Å²) in [5, 5.41) is 0.977. The molecule has 1 aliphatic rings. The Morgan fingerprint density at radius 1 is 1.47 bits per heavy atom. The van der Waals surface area contributed by atoms with E-state index in [0.717, 1.165) is 18.6 Å². The van der Waals surface area contributed by atoms with Crippen LogP contribution in [-0.2, 0) is 6.42 Å². The molecule has 19 heavy (non-hydrogen) atoms. The number of ether oxygens (including phenoxy) is 1. The van der Waals surface area contributed by atoms with Gasteiger partial charge in [0.05, 0.1) is 13.3 Å². The highest BCUT2D eigenvalue weighted by molar-refractivity contribution is 7.99. The molecule has 1 aliphatic carbocycles. The van der Waals surface area contributed by atoms with Gasteiger partial charge in [0.1, 0.15) is 12.0 Å². The van der Waals surface area contributed by atoms with Gasteiger partial charge in [-0.3, -0.25) is 0 Å². The zero-order valence-corrected chi connectivity index (χ0v) is 11.5. The van der Waals surface area contributed by atoms with Crippen molar-refractivity contribution in [2.75, 3.05) is 7.11 Å². The highest BCUT2D eigenvalue weighted by Crippen LogP contribution is 2.39. The minimum Gasteiger partial charge on any atom is -0.497 e. The molecule has 0 saturated carbocycles. The van der Waals surface area contributed by atoms with E-state index in [1.807, 2.05) is 12.1 Å². The van der Waals surface area contributed by atoms with Crippen molar-refractivity contribution < 1.29 is 9.15 Å². The SMILES string of the molecule is COc1ccc2c(c1)C(N)C(Sc1ncco1)CC2. The van der Waals surface area contributed by atoms with E-state index in [2.05, 4.69) is 11.1 Å². The molecule has 2 N–H and O–H groups in total. The van der Waals surface area contributed by atoms with Gasteiger partial charge in [-0.05, 0) is 36.1 Å². The summed E-state index contributed by atoms with van der Waals surface area (Å²) in [7, 11) is 1.68. The first kappa shape index (κ1) is 12.6. The summed E-state index contributed by atoms with van der Waals surface area (Å²) in [5.74, 6) is 0.857. The van der Waals surface area contributed by atoms with E-state index in [4.69, 9.17) is 14.9 Å². The Labute approximate surface area is 116 Å². The van der Waals surface area contributed by atoms with E-state index >= 15 is 0 Å². The van der Waals surface area contributed by atoms with Gasteiger partial charge in [0.15, 0.2) is 0 Å². The molecule has 2 unspecified atom stereocenters. The summed E-state index contributed by atoms with van der Waals surface area (Å²) in [6.45, 7) is 0. The van der Waals surface area contributed by atoms with Gasteiger partial charge in [0.2, 0.25) is 0 Å². The number of methoxy groups -OCH3 is 1. The van der Waals surface area contributed by atoms with E-state index in [9.17, 15) is 0 Å². The molecule has 2 atom stereocenters. The lowest BCUT2D eigenvalue weighted by atomic mass is 9.87. The van der Waals surface area contributed by atoms with Gasteiger partial charge in [-0.15, -0.1) is 0 Å². The number of aryl methyl sites for hydroxylation is 1. The lowest BCUT2D eigenvalue weighted by Crippen LogP contribution is -2.29. The molecule has 4 nitrogen and oxygen atoms in total. The molecule has 0 aliphatic heterocycles. The molecule has 0 saturated heterocycles. The Kier molecular flexibility index (Phi) is 3.48. The van der Waals surface area contributed by atoms with Crippen LogP contribution >= 0.6 is 11.8 Å². The third-order valence-electron chi connectivity index (χ3n) is 3.47. The highest BCUT2D eigenvalue weighted by atomic mass is 32.2. The van der Waals surface area contributed by atoms with Crippen LogP contribution in [0.3, 0.4) is 0 Å². The fourth-order valence-electron chi connectivity index (χ4n) is 2.45. The third-order valence-corrected chi connectivity index (χ3v) is 4.71. The number of rotatable bonds is 3. The summed E-state index contributed by atoms with van der Waals surface area (Å²) < 4.78 is 10.6. The molecule has 5 heteroatoms. The van der Waals surface area contributed by atoms with Crippen LogP contribution in [0, 0.1) is 0 Å². The molecule has 0 bridgehead atoms. The lowest BCUT2D eigenvalue weighted by molar-refractivity contribution is 0.412. The fourth-order valence-corrected chi connectivity index (χ4v) is 3.47. The average Bonchev–Trinajstić information content (AvgIpc) is 2.95. The zero-order chi connectivity index (χ0) is 13.2. The van der Waals surface area contributed by atoms with Gasteiger partial charge >= 0.3 is 0 Å². The highest BCUT2D eigenvalue weighted by Gasteiger charge is 2.29. The van der Waals surface area contributed by atoms with Crippen molar-refractivity contribution >= 4 is 11.8 Å². The Morgan fingerprint density at radius 2 is 2.37 bits per heavy atom. The van der Waals surface area contributed by atoms with Gasteiger partial charge in [0.25, 0.3) is 5.22 Å². The largest absolute Gasteiger partial charge is 0.497 e. The van der Waals surface area contributed by atoms with Gasteiger partial charge in [-0.1, -0.05) is 17.8 Å². The van der Waals surface area contributed by atoms with Crippen LogP contribution in [0.25, 0.3) is 0 Å². The first-order valence-corrected chi connectivity index (χ1v) is 7.14. The number of hydrogen-bond acceptors (Lipinski definition) is 5. The molecule has 0 radical (unpaired) electrons. The van der Waals surface area contributed by atoms with Crippen molar-refractivity contribution in [3.63, 3.8) is 0 Å². The number of aromatic nitrogens is 1. The van der Waals surface area contributed by atoms with Crippen LogP contribution in [0.2, 0.25) is 0 Å². The number of benzene rings is 1. The van der Waals surface area contributed by atoms with E-state index < -0.39 is 0 Å². The van der Waals surface area contributed by atoms with Gasteiger partial charge < -0.3 is 14.9 Å². The first-order valence-electron chi connectivity index (χ1n) is 6.26. The van der Waals surface area contributed by atoms with Gasteiger partial charge in [-0.25, -0.2) is 4.98 Å². The minimum atomic E-state index is -0.0178. The molecule has 0 spiro atoms. The number of hydrogen-bond donors (Lipinski definition) is 1. The molecule has 1 aromatic heterocycles. The summed E-state index contributed by atoms with van der Waals surface area (Å²) >= 11 is 1.61. The third kappa shape index (κ3) is 2.48. The Balaban J connectivity index is 1.84. The molecule has 1 aromatic carbocycles. The van der Waals surface area contributed by atoms with Crippen LogP contribution < -0.4 is 10.5 Å². The Morgan fingerprint density at radius 3 is 3.11 bits per heavy atom. The molecule has 100 valence electrons. The average molecular weight is 276 g/mol. The van der Waals surface area contributed by atoms with E-state index in [1.165, 1.54) is 11.1 Å². The van der Waals surface area contributed by atoms with Crippen molar-refractivity contribution in [3.8, 4) is 5.75 Å². The van der Waals surface area contributed by atoms with Gasteiger partial charge in [0, 0.05) is 11.3 Å². The van der Waals surface area contributed by atoms with Crippen molar-refractivity contribution in [1.29, 1.82) is 0 Å². The Hall–Kier alpha value is -1.46. The molecular formula is C14H16N2O2S. The number of oxazole rings is 1. The van der Waals surface area contributed by atoms with Crippen molar-refractivity contribution in [2.45, 2.75) is 29.4 Å².